The summed E-state index contributed by atoms with van der Waals surface area (Å²) >= 11 is 0. The Balaban J connectivity index is 1.70. The average Bonchev–Trinajstić information content (AvgIpc) is 3.35. The van der Waals surface area contributed by atoms with Crippen molar-refractivity contribution in [1.82, 2.24) is 9.78 Å². The Morgan fingerprint density at radius 1 is 1.28 bits per heavy atom. The molecule has 7 nitrogen and oxygen atoms in total. The van der Waals surface area contributed by atoms with E-state index in [9.17, 15) is 10.1 Å². The summed E-state index contributed by atoms with van der Waals surface area (Å²) < 4.78 is 12.7. The number of benzene rings is 2. The number of ether oxygens (including phenoxy) is 2. The minimum absolute atomic E-state index is 0.0107. The smallest absolute Gasteiger partial charge is 0.311 e. The lowest BCUT2D eigenvalue weighted by molar-refractivity contribution is -0.385. The van der Waals surface area contributed by atoms with Gasteiger partial charge in [0.1, 0.15) is 5.75 Å². The topological polar surface area (TPSA) is 79.4 Å². The highest BCUT2D eigenvalue weighted by atomic mass is 16.6. The molecular weight excluding hydrogens is 322 g/mol. The average molecular weight is 339 g/mol. The van der Waals surface area contributed by atoms with Gasteiger partial charge in [-0.3, -0.25) is 14.8 Å². The van der Waals surface area contributed by atoms with E-state index in [1.807, 2.05) is 28.9 Å². The number of hydrogen-bond acceptors (Lipinski definition) is 5. The first-order chi connectivity index (χ1) is 12.1. The van der Waals surface area contributed by atoms with Gasteiger partial charge in [-0.2, -0.15) is 5.10 Å². The van der Waals surface area contributed by atoms with Crippen LogP contribution >= 0.6 is 0 Å². The molecule has 0 amide bonds. The molecule has 1 fully saturated rings. The first kappa shape index (κ1) is 15.4. The molecule has 0 aliphatic heterocycles. The third-order valence-corrected chi connectivity index (χ3v) is 4.23. The molecule has 1 aliphatic rings. The first-order valence-electron chi connectivity index (χ1n) is 8.07. The molecule has 0 spiro atoms. The second-order valence-electron chi connectivity index (χ2n) is 6.10. The zero-order valence-electron chi connectivity index (χ0n) is 13.7. The van der Waals surface area contributed by atoms with E-state index in [0.29, 0.717) is 12.3 Å². The number of nitrogens with zero attached hydrogens (tertiary/aromatic N) is 3. The van der Waals surface area contributed by atoms with Crippen LogP contribution in [0.5, 0.6) is 11.5 Å². The fraction of sp³-hybridized carbons (Fsp3) is 0.278. The lowest BCUT2D eigenvalue weighted by Gasteiger charge is -2.08. The van der Waals surface area contributed by atoms with E-state index in [1.165, 1.54) is 6.07 Å². The van der Waals surface area contributed by atoms with E-state index in [1.54, 1.807) is 19.4 Å². The molecular formula is C18H17N3O4. The summed E-state index contributed by atoms with van der Waals surface area (Å²) in [5, 5.41) is 16.4. The van der Waals surface area contributed by atoms with Crippen molar-refractivity contribution in [3.05, 3.63) is 58.3 Å². The highest BCUT2D eigenvalue weighted by Crippen LogP contribution is 2.36. The monoisotopic (exact) mass is 339 g/mol. The Bertz CT molecular complexity index is 929. The largest absolute Gasteiger partial charge is 0.497 e. The molecule has 0 unspecified atom stereocenters. The third-order valence-electron chi connectivity index (χ3n) is 4.23. The molecule has 7 heteroatoms. The van der Waals surface area contributed by atoms with E-state index >= 15 is 0 Å². The lowest BCUT2D eigenvalue weighted by atomic mass is 10.2. The molecule has 1 aliphatic carbocycles. The van der Waals surface area contributed by atoms with Gasteiger partial charge in [0.05, 0.1) is 36.4 Å². The summed E-state index contributed by atoms with van der Waals surface area (Å²) in [6, 6.07) is 11.0. The van der Waals surface area contributed by atoms with Crippen molar-refractivity contribution in [3.63, 3.8) is 0 Å². The predicted octanol–water partition coefficient (Wildman–Crippen LogP) is 3.54. The van der Waals surface area contributed by atoms with Gasteiger partial charge in [0.25, 0.3) is 0 Å². The van der Waals surface area contributed by atoms with Crippen LogP contribution in [0.15, 0.2) is 42.6 Å². The van der Waals surface area contributed by atoms with Gasteiger partial charge in [0.15, 0.2) is 5.75 Å². The maximum absolute atomic E-state index is 11.3. The molecule has 1 heterocycles. The fourth-order valence-electron chi connectivity index (χ4n) is 2.73. The quantitative estimate of drug-likeness (QED) is 0.507. The summed E-state index contributed by atoms with van der Waals surface area (Å²) in [6.07, 6.45) is 3.63. The summed E-state index contributed by atoms with van der Waals surface area (Å²) in [7, 11) is 1.63. The SMILES string of the molecule is COc1ccc(Cn2ncc3cc([N+](=O)[O-])c(OC4CC4)cc32)cc1. The summed E-state index contributed by atoms with van der Waals surface area (Å²) in [4.78, 5) is 10.9. The van der Waals surface area contributed by atoms with Crippen LogP contribution in [0.1, 0.15) is 18.4 Å². The van der Waals surface area contributed by atoms with Crippen LogP contribution in [0.2, 0.25) is 0 Å². The van der Waals surface area contributed by atoms with Crippen molar-refractivity contribution in [2.24, 2.45) is 0 Å². The van der Waals surface area contributed by atoms with Gasteiger partial charge in [0, 0.05) is 17.5 Å². The van der Waals surface area contributed by atoms with Gasteiger partial charge < -0.3 is 9.47 Å². The maximum Gasteiger partial charge on any atom is 0.311 e. The van der Waals surface area contributed by atoms with Crippen molar-refractivity contribution in [3.8, 4) is 11.5 Å². The highest BCUT2D eigenvalue weighted by Gasteiger charge is 2.28. The number of rotatable bonds is 6. The second kappa shape index (κ2) is 6.08. The fourth-order valence-corrected chi connectivity index (χ4v) is 2.73. The minimum Gasteiger partial charge on any atom is -0.497 e. The van der Waals surface area contributed by atoms with Gasteiger partial charge in [-0.1, -0.05) is 12.1 Å². The van der Waals surface area contributed by atoms with Crippen LogP contribution in [0.3, 0.4) is 0 Å². The van der Waals surface area contributed by atoms with E-state index in [2.05, 4.69) is 5.10 Å². The van der Waals surface area contributed by atoms with Crippen molar-refractivity contribution < 1.29 is 14.4 Å². The van der Waals surface area contributed by atoms with Crippen molar-refractivity contribution in [1.29, 1.82) is 0 Å². The summed E-state index contributed by atoms with van der Waals surface area (Å²) in [5.74, 6) is 1.11. The predicted molar refractivity (Wildman–Crippen MR) is 92.1 cm³/mol. The Morgan fingerprint density at radius 2 is 2.04 bits per heavy atom. The molecule has 0 saturated heterocycles. The molecule has 1 saturated carbocycles. The van der Waals surface area contributed by atoms with Crippen LogP contribution in [0.25, 0.3) is 10.9 Å². The van der Waals surface area contributed by atoms with Crippen LogP contribution in [-0.2, 0) is 6.54 Å². The molecule has 4 rings (SSSR count). The molecule has 128 valence electrons. The molecule has 3 aromatic rings. The van der Waals surface area contributed by atoms with Crippen LogP contribution < -0.4 is 9.47 Å². The van der Waals surface area contributed by atoms with Gasteiger partial charge >= 0.3 is 5.69 Å². The van der Waals surface area contributed by atoms with E-state index in [4.69, 9.17) is 9.47 Å². The van der Waals surface area contributed by atoms with Crippen LogP contribution in [0.4, 0.5) is 5.69 Å². The Hall–Kier alpha value is -3.09. The molecule has 0 N–H and O–H groups in total. The van der Waals surface area contributed by atoms with Gasteiger partial charge in [-0.25, -0.2) is 0 Å². The van der Waals surface area contributed by atoms with Gasteiger partial charge in [-0.15, -0.1) is 0 Å². The number of nitro groups is 1. The van der Waals surface area contributed by atoms with Crippen molar-refractivity contribution in [2.45, 2.75) is 25.5 Å². The molecule has 0 atom stereocenters. The molecule has 1 aromatic heterocycles. The number of nitro benzene ring substituents is 1. The lowest BCUT2D eigenvalue weighted by Crippen LogP contribution is -2.03. The summed E-state index contributed by atoms with van der Waals surface area (Å²) in [5.41, 5.74) is 1.87. The second-order valence-corrected chi connectivity index (χ2v) is 6.10. The van der Waals surface area contributed by atoms with Crippen LogP contribution in [0, 0.1) is 10.1 Å². The highest BCUT2D eigenvalue weighted by molar-refractivity contribution is 5.84. The Kier molecular flexibility index (Phi) is 3.76. The standard InChI is InChI=1S/C18H17N3O4/c1-24-14-4-2-12(3-5-14)11-20-16-9-18(25-15-6-7-15)17(21(22)23)8-13(16)10-19-20/h2-5,8-10,15H,6-7,11H2,1H3. The minimum atomic E-state index is -0.405. The Labute approximate surface area is 143 Å². The van der Waals surface area contributed by atoms with Crippen molar-refractivity contribution >= 4 is 16.6 Å². The number of hydrogen-bond donors (Lipinski definition) is 0. The van der Waals surface area contributed by atoms with Crippen LogP contribution in [-0.4, -0.2) is 27.9 Å². The van der Waals surface area contributed by atoms with Gasteiger partial charge in [0.2, 0.25) is 0 Å². The molecule has 0 radical (unpaired) electrons. The third kappa shape index (κ3) is 3.13. The number of methoxy groups -OCH3 is 1. The van der Waals surface area contributed by atoms with E-state index < -0.39 is 4.92 Å². The summed E-state index contributed by atoms with van der Waals surface area (Å²) in [6.45, 7) is 0.564. The van der Waals surface area contributed by atoms with E-state index in [-0.39, 0.29) is 11.8 Å². The molecule has 0 bridgehead atoms. The zero-order valence-corrected chi connectivity index (χ0v) is 13.7. The first-order valence-corrected chi connectivity index (χ1v) is 8.07. The van der Waals surface area contributed by atoms with E-state index in [0.717, 1.165) is 35.1 Å². The number of aromatic nitrogens is 2. The van der Waals surface area contributed by atoms with Gasteiger partial charge in [-0.05, 0) is 30.5 Å². The molecule has 25 heavy (non-hydrogen) atoms. The Morgan fingerprint density at radius 3 is 2.68 bits per heavy atom. The number of fused-ring (bicyclic) bond motifs is 1. The normalized spacial score (nSPS) is 13.8. The molecule has 2 aromatic carbocycles. The zero-order chi connectivity index (χ0) is 17.4. The van der Waals surface area contributed by atoms with Crippen molar-refractivity contribution in [2.75, 3.05) is 7.11 Å². The maximum atomic E-state index is 11.3.